The number of benzene rings is 1. The van der Waals surface area contributed by atoms with E-state index in [-0.39, 0.29) is 17.6 Å². The van der Waals surface area contributed by atoms with Gasteiger partial charge in [-0.3, -0.25) is 9.78 Å². The molecule has 126 valence electrons. The minimum Gasteiger partial charge on any atom is -0.367 e. The van der Waals surface area contributed by atoms with Crippen molar-refractivity contribution in [2.75, 3.05) is 31.1 Å². The van der Waals surface area contributed by atoms with Gasteiger partial charge >= 0.3 is 0 Å². The van der Waals surface area contributed by atoms with Crippen LogP contribution in [0.25, 0.3) is 10.9 Å². The van der Waals surface area contributed by atoms with Crippen LogP contribution in [0, 0.1) is 11.7 Å². The minimum atomic E-state index is -0.336. The largest absolute Gasteiger partial charge is 0.367 e. The minimum absolute atomic E-state index is 0.236. The quantitative estimate of drug-likeness (QED) is 0.834. The van der Waals surface area contributed by atoms with Gasteiger partial charge in [-0.1, -0.05) is 11.6 Å². The molecule has 1 amide bonds. The van der Waals surface area contributed by atoms with Crippen LogP contribution < -0.4 is 4.90 Å². The van der Waals surface area contributed by atoms with Crippen molar-refractivity contribution in [3.8, 4) is 0 Å². The van der Waals surface area contributed by atoms with Gasteiger partial charge in [-0.2, -0.15) is 0 Å². The van der Waals surface area contributed by atoms with Gasteiger partial charge in [-0.15, -0.1) is 0 Å². The molecule has 1 aromatic heterocycles. The molecule has 0 radical (unpaired) electrons. The summed E-state index contributed by atoms with van der Waals surface area (Å²) in [6.07, 6.45) is 4.41. The van der Waals surface area contributed by atoms with Gasteiger partial charge in [0.05, 0.1) is 10.7 Å². The van der Waals surface area contributed by atoms with E-state index < -0.39 is 0 Å². The molecule has 0 N–H and O–H groups in total. The zero-order chi connectivity index (χ0) is 16.7. The van der Waals surface area contributed by atoms with Crippen LogP contribution in [0.15, 0.2) is 24.4 Å². The molecule has 2 heterocycles. The summed E-state index contributed by atoms with van der Waals surface area (Å²) >= 11 is 6.12. The molecule has 4 nitrogen and oxygen atoms in total. The van der Waals surface area contributed by atoms with Crippen molar-refractivity contribution in [1.29, 1.82) is 0 Å². The fourth-order valence-corrected chi connectivity index (χ4v) is 3.56. The summed E-state index contributed by atoms with van der Waals surface area (Å²) in [5.41, 5.74) is 0.841. The Hall–Kier alpha value is -1.88. The number of hydrogen-bond acceptors (Lipinski definition) is 3. The molecule has 0 unspecified atom stereocenters. The Labute approximate surface area is 145 Å². The van der Waals surface area contributed by atoms with Gasteiger partial charge in [0.2, 0.25) is 5.91 Å². The van der Waals surface area contributed by atoms with Crippen molar-refractivity contribution in [2.24, 2.45) is 5.92 Å². The maximum Gasteiger partial charge on any atom is 0.225 e. The average molecular weight is 348 g/mol. The van der Waals surface area contributed by atoms with Crippen LogP contribution >= 0.6 is 11.6 Å². The normalized spacial score (nSPS) is 18.8. The molecule has 1 aromatic carbocycles. The first-order valence-corrected chi connectivity index (χ1v) is 8.79. The summed E-state index contributed by atoms with van der Waals surface area (Å²) in [6.45, 7) is 2.78. The van der Waals surface area contributed by atoms with E-state index >= 15 is 0 Å². The lowest BCUT2D eigenvalue weighted by atomic mass is 10.1. The number of fused-ring (bicyclic) bond motifs is 1. The number of halogens is 2. The van der Waals surface area contributed by atoms with Crippen LogP contribution in [-0.4, -0.2) is 42.0 Å². The monoisotopic (exact) mass is 347 g/mol. The molecule has 1 saturated heterocycles. The highest BCUT2D eigenvalue weighted by molar-refractivity contribution is 6.35. The molecule has 24 heavy (non-hydrogen) atoms. The standard InChI is InChI=1S/C18H19ClFN3O/c19-14-6-7-21-17-13(14)4-5-15(16(17)20)22-8-1-9-23(11-10-22)18(24)12-2-3-12/h4-7,12H,1-3,8-11H2. The second-order valence-corrected chi connectivity index (χ2v) is 6.93. The van der Waals surface area contributed by atoms with Crippen molar-refractivity contribution in [2.45, 2.75) is 19.3 Å². The van der Waals surface area contributed by atoms with Gasteiger partial charge in [0.25, 0.3) is 0 Å². The predicted octanol–water partition coefficient (Wildman–Crippen LogP) is 3.48. The lowest BCUT2D eigenvalue weighted by Crippen LogP contribution is -2.36. The summed E-state index contributed by atoms with van der Waals surface area (Å²) in [4.78, 5) is 20.3. The SMILES string of the molecule is O=C(C1CC1)N1CCCN(c2ccc3c(Cl)ccnc3c2F)CC1. The maximum absolute atomic E-state index is 14.9. The first kappa shape index (κ1) is 15.6. The molecular weight excluding hydrogens is 329 g/mol. The van der Waals surface area contributed by atoms with Gasteiger partial charge in [-0.05, 0) is 37.5 Å². The lowest BCUT2D eigenvalue weighted by Gasteiger charge is -2.24. The number of anilines is 1. The Morgan fingerprint density at radius 2 is 2.00 bits per heavy atom. The van der Waals surface area contributed by atoms with E-state index in [2.05, 4.69) is 4.98 Å². The second-order valence-electron chi connectivity index (χ2n) is 6.53. The summed E-state index contributed by atoms with van der Waals surface area (Å²) < 4.78 is 14.9. The maximum atomic E-state index is 14.9. The number of carbonyl (C=O) groups is 1. The van der Waals surface area contributed by atoms with Crippen LogP contribution in [0.1, 0.15) is 19.3 Å². The third kappa shape index (κ3) is 2.81. The molecule has 4 rings (SSSR count). The second kappa shape index (κ2) is 6.20. The molecule has 1 aliphatic carbocycles. The average Bonchev–Trinajstić information content (AvgIpc) is 3.42. The third-order valence-electron chi connectivity index (χ3n) is 4.85. The van der Waals surface area contributed by atoms with Crippen molar-refractivity contribution < 1.29 is 9.18 Å². The van der Waals surface area contributed by atoms with Crippen molar-refractivity contribution >= 4 is 34.1 Å². The molecule has 6 heteroatoms. The van der Waals surface area contributed by atoms with Crippen LogP contribution in [-0.2, 0) is 4.79 Å². The van der Waals surface area contributed by atoms with Crippen LogP contribution in [0.4, 0.5) is 10.1 Å². The van der Waals surface area contributed by atoms with Crippen LogP contribution in [0.5, 0.6) is 0 Å². The molecule has 2 aromatic rings. The van der Waals surface area contributed by atoms with Gasteiger partial charge < -0.3 is 9.80 Å². The Morgan fingerprint density at radius 1 is 1.17 bits per heavy atom. The fourth-order valence-electron chi connectivity index (χ4n) is 3.35. The van der Waals surface area contributed by atoms with Gasteiger partial charge in [0.15, 0.2) is 5.82 Å². The number of nitrogens with zero attached hydrogens (tertiary/aromatic N) is 3. The topological polar surface area (TPSA) is 36.4 Å². The molecule has 0 bridgehead atoms. The van der Waals surface area contributed by atoms with E-state index in [0.29, 0.717) is 34.7 Å². The molecular formula is C18H19ClFN3O. The number of rotatable bonds is 2. The number of hydrogen-bond donors (Lipinski definition) is 0. The number of aromatic nitrogens is 1. The van der Waals surface area contributed by atoms with Crippen molar-refractivity contribution in [3.63, 3.8) is 0 Å². The summed E-state index contributed by atoms with van der Waals surface area (Å²) in [6, 6.07) is 5.25. The smallest absolute Gasteiger partial charge is 0.225 e. The highest BCUT2D eigenvalue weighted by atomic mass is 35.5. The zero-order valence-electron chi connectivity index (χ0n) is 13.3. The van der Waals surface area contributed by atoms with Gasteiger partial charge in [-0.25, -0.2) is 4.39 Å². The first-order chi connectivity index (χ1) is 11.6. The van der Waals surface area contributed by atoms with Crippen LogP contribution in [0.2, 0.25) is 5.02 Å². The summed E-state index contributed by atoms with van der Waals surface area (Å²) in [5, 5.41) is 1.13. The summed E-state index contributed by atoms with van der Waals surface area (Å²) in [7, 11) is 0. The molecule has 0 spiro atoms. The number of pyridine rings is 1. The highest BCUT2D eigenvalue weighted by Crippen LogP contribution is 2.33. The highest BCUT2D eigenvalue weighted by Gasteiger charge is 2.34. The summed E-state index contributed by atoms with van der Waals surface area (Å²) in [5.74, 6) is 0.168. The molecule has 1 aliphatic heterocycles. The van der Waals surface area contributed by atoms with E-state index in [1.165, 1.54) is 6.20 Å². The molecule has 2 aliphatic rings. The Kier molecular flexibility index (Phi) is 4.04. The first-order valence-electron chi connectivity index (χ1n) is 8.41. The number of carbonyl (C=O) groups excluding carboxylic acids is 1. The fraction of sp³-hybridized carbons (Fsp3) is 0.444. The Morgan fingerprint density at radius 3 is 2.79 bits per heavy atom. The van der Waals surface area contributed by atoms with Gasteiger partial charge in [0.1, 0.15) is 5.52 Å². The lowest BCUT2D eigenvalue weighted by molar-refractivity contribution is -0.132. The van der Waals surface area contributed by atoms with Crippen molar-refractivity contribution in [1.82, 2.24) is 9.88 Å². The van der Waals surface area contributed by atoms with Gasteiger partial charge in [0, 0.05) is 43.7 Å². The van der Waals surface area contributed by atoms with E-state index in [0.717, 1.165) is 32.4 Å². The van der Waals surface area contributed by atoms with E-state index in [4.69, 9.17) is 11.6 Å². The Bertz CT molecular complexity index is 793. The zero-order valence-corrected chi connectivity index (χ0v) is 14.1. The van der Waals surface area contributed by atoms with E-state index in [9.17, 15) is 9.18 Å². The van der Waals surface area contributed by atoms with Crippen LogP contribution in [0.3, 0.4) is 0 Å². The Balaban J connectivity index is 1.58. The third-order valence-corrected chi connectivity index (χ3v) is 5.18. The predicted molar refractivity (Wildman–Crippen MR) is 92.8 cm³/mol. The molecule has 0 atom stereocenters. The number of amides is 1. The van der Waals surface area contributed by atoms with Crippen molar-refractivity contribution in [3.05, 3.63) is 35.2 Å². The van der Waals surface area contributed by atoms with E-state index in [1.807, 2.05) is 15.9 Å². The van der Waals surface area contributed by atoms with E-state index in [1.54, 1.807) is 12.1 Å². The molecule has 1 saturated carbocycles. The molecule has 2 fully saturated rings.